The first kappa shape index (κ1) is 14.7. The molecule has 0 atom stereocenters. The molecular weight excluding hydrogens is 305 g/mol. The second-order valence-corrected chi connectivity index (χ2v) is 5.12. The molecule has 0 radical (unpaired) electrons. The van der Waals surface area contributed by atoms with E-state index in [1.807, 2.05) is 20.2 Å². The number of pyridine rings is 1. The molecule has 0 spiro atoms. The molecule has 0 unspecified atom stereocenters. The summed E-state index contributed by atoms with van der Waals surface area (Å²) in [6.45, 7) is 3.05. The van der Waals surface area contributed by atoms with Crippen molar-refractivity contribution in [3.63, 3.8) is 0 Å². The van der Waals surface area contributed by atoms with Gasteiger partial charge in [0, 0.05) is 19.3 Å². The number of nitrogens with one attached hydrogen (secondary N) is 1. The normalized spacial score (nSPS) is 10.9. The van der Waals surface area contributed by atoms with Crippen LogP contribution < -0.4 is 5.32 Å². The van der Waals surface area contributed by atoms with E-state index in [1.54, 1.807) is 6.20 Å². The maximum Gasteiger partial charge on any atom is 0.140 e. The van der Waals surface area contributed by atoms with Gasteiger partial charge in [0.15, 0.2) is 0 Å². The molecule has 0 fully saturated rings. The van der Waals surface area contributed by atoms with Crippen molar-refractivity contribution in [3.05, 3.63) is 21.8 Å². The van der Waals surface area contributed by atoms with E-state index < -0.39 is 0 Å². The summed E-state index contributed by atoms with van der Waals surface area (Å²) < 4.78 is 6.32. The van der Waals surface area contributed by atoms with Crippen LogP contribution in [0.4, 0.5) is 5.82 Å². The van der Waals surface area contributed by atoms with Crippen LogP contribution >= 0.6 is 27.5 Å². The minimum atomic E-state index is 0.615. The molecule has 0 saturated heterocycles. The largest absolute Gasteiger partial charge is 0.378 e. The van der Waals surface area contributed by atoms with Crippen LogP contribution in [0.1, 0.15) is 0 Å². The zero-order valence-electron chi connectivity index (χ0n) is 10.0. The van der Waals surface area contributed by atoms with Crippen molar-refractivity contribution in [3.8, 4) is 0 Å². The van der Waals surface area contributed by atoms with Crippen LogP contribution in [0.25, 0.3) is 0 Å². The summed E-state index contributed by atoms with van der Waals surface area (Å²) in [4.78, 5) is 6.26. The Balaban J connectivity index is 2.18. The Bertz CT molecular complexity index is 349. The lowest BCUT2D eigenvalue weighted by atomic mass is 10.4. The molecule has 17 heavy (non-hydrogen) atoms. The summed E-state index contributed by atoms with van der Waals surface area (Å²) in [7, 11) is 4.05. The highest BCUT2D eigenvalue weighted by Crippen LogP contribution is 2.22. The van der Waals surface area contributed by atoms with Crippen LogP contribution in [0, 0.1) is 0 Å². The van der Waals surface area contributed by atoms with Crippen LogP contribution in [-0.2, 0) is 4.74 Å². The summed E-state index contributed by atoms with van der Waals surface area (Å²) in [5, 5.41) is 3.79. The second kappa shape index (κ2) is 7.87. The number of hydrogen-bond acceptors (Lipinski definition) is 4. The van der Waals surface area contributed by atoms with Gasteiger partial charge >= 0.3 is 0 Å². The summed E-state index contributed by atoms with van der Waals surface area (Å²) in [5.41, 5.74) is 0. The topological polar surface area (TPSA) is 37.4 Å². The molecular formula is C11H17BrClN3O. The van der Waals surface area contributed by atoms with Crippen molar-refractivity contribution >= 4 is 33.3 Å². The number of hydrogen-bond donors (Lipinski definition) is 1. The Morgan fingerprint density at radius 3 is 2.88 bits per heavy atom. The van der Waals surface area contributed by atoms with Gasteiger partial charge in [-0.05, 0) is 36.1 Å². The van der Waals surface area contributed by atoms with E-state index in [0.717, 1.165) is 30.0 Å². The number of aromatic nitrogens is 1. The fourth-order valence-electron chi connectivity index (χ4n) is 1.14. The highest BCUT2D eigenvalue weighted by molar-refractivity contribution is 9.10. The third-order valence-electron chi connectivity index (χ3n) is 2.03. The fourth-order valence-corrected chi connectivity index (χ4v) is 1.91. The predicted molar refractivity (Wildman–Crippen MR) is 74.8 cm³/mol. The van der Waals surface area contributed by atoms with Crippen LogP contribution in [-0.4, -0.2) is 50.3 Å². The first-order chi connectivity index (χ1) is 8.09. The lowest BCUT2D eigenvalue weighted by molar-refractivity contribution is 0.126. The standard InChI is InChI=1S/C11H17BrClN3O/c1-16(2)4-6-17-5-3-14-11-10(12)7-9(13)8-15-11/h7-8H,3-6H2,1-2H3,(H,14,15). The van der Waals surface area contributed by atoms with Crippen LogP contribution in [0.2, 0.25) is 5.02 Å². The van der Waals surface area contributed by atoms with E-state index in [1.165, 1.54) is 0 Å². The van der Waals surface area contributed by atoms with Gasteiger partial charge in [-0.3, -0.25) is 0 Å². The van der Waals surface area contributed by atoms with E-state index in [2.05, 4.69) is 31.1 Å². The highest BCUT2D eigenvalue weighted by Gasteiger charge is 2.01. The fraction of sp³-hybridized carbons (Fsp3) is 0.545. The van der Waals surface area contributed by atoms with E-state index in [9.17, 15) is 0 Å². The van der Waals surface area contributed by atoms with Crippen molar-refractivity contribution in [2.45, 2.75) is 0 Å². The van der Waals surface area contributed by atoms with Gasteiger partial charge in [0.1, 0.15) is 5.82 Å². The Kier molecular flexibility index (Phi) is 6.80. The molecule has 1 aromatic rings. The molecule has 0 saturated carbocycles. The van der Waals surface area contributed by atoms with E-state index >= 15 is 0 Å². The summed E-state index contributed by atoms with van der Waals surface area (Å²) in [5.74, 6) is 0.783. The molecule has 0 aliphatic carbocycles. The van der Waals surface area contributed by atoms with Crippen LogP contribution in [0.15, 0.2) is 16.7 Å². The Morgan fingerprint density at radius 1 is 1.47 bits per heavy atom. The molecule has 0 aromatic carbocycles. The zero-order valence-corrected chi connectivity index (χ0v) is 12.4. The minimum Gasteiger partial charge on any atom is -0.378 e. The molecule has 1 N–H and O–H groups in total. The molecule has 0 aliphatic rings. The van der Waals surface area contributed by atoms with Crippen molar-refractivity contribution in [1.82, 2.24) is 9.88 Å². The number of nitrogens with zero attached hydrogens (tertiary/aromatic N) is 2. The average Bonchev–Trinajstić information content (AvgIpc) is 2.25. The molecule has 6 heteroatoms. The van der Waals surface area contributed by atoms with E-state index in [-0.39, 0.29) is 0 Å². The lowest BCUT2D eigenvalue weighted by Crippen LogP contribution is -2.20. The van der Waals surface area contributed by atoms with Gasteiger partial charge in [-0.2, -0.15) is 0 Å². The number of ether oxygens (including phenoxy) is 1. The molecule has 1 rings (SSSR count). The molecule has 1 aromatic heterocycles. The van der Waals surface area contributed by atoms with Crippen LogP contribution in [0.3, 0.4) is 0 Å². The number of anilines is 1. The van der Waals surface area contributed by atoms with Gasteiger partial charge in [-0.25, -0.2) is 4.98 Å². The number of likely N-dealkylation sites (N-methyl/N-ethyl adjacent to an activating group) is 1. The maximum absolute atomic E-state index is 5.80. The van der Waals surface area contributed by atoms with E-state index in [4.69, 9.17) is 16.3 Å². The quantitative estimate of drug-likeness (QED) is 0.783. The highest BCUT2D eigenvalue weighted by atomic mass is 79.9. The smallest absolute Gasteiger partial charge is 0.140 e. The second-order valence-electron chi connectivity index (χ2n) is 3.83. The van der Waals surface area contributed by atoms with Crippen molar-refractivity contribution in [2.75, 3.05) is 45.7 Å². The third-order valence-corrected chi connectivity index (χ3v) is 2.84. The molecule has 0 aliphatic heterocycles. The first-order valence-electron chi connectivity index (χ1n) is 5.37. The average molecular weight is 323 g/mol. The molecule has 1 heterocycles. The Morgan fingerprint density at radius 2 is 2.24 bits per heavy atom. The Hall–Kier alpha value is -0.360. The Labute approximate surface area is 115 Å². The van der Waals surface area contributed by atoms with E-state index in [0.29, 0.717) is 11.6 Å². The summed E-state index contributed by atoms with van der Waals surface area (Å²) in [6, 6.07) is 1.81. The van der Waals surface area contributed by atoms with Crippen molar-refractivity contribution in [2.24, 2.45) is 0 Å². The number of rotatable bonds is 7. The van der Waals surface area contributed by atoms with Gasteiger partial charge in [-0.1, -0.05) is 11.6 Å². The molecule has 0 bridgehead atoms. The van der Waals surface area contributed by atoms with Gasteiger partial charge in [0.25, 0.3) is 0 Å². The van der Waals surface area contributed by atoms with Crippen molar-refractivity contribution < 1.29 is 4.74 Å². The van der Waals surface area contributed by atoms with Gasteiger partial charge in [0.05, 0.1) is 22.7 Å². The SMILES string of the molecule is CN(C)CCOCCNc1ncc(Cl)cc1Br. The maximum atomic E-state index is 5.80. The third kappa shape index (κ3) is 6.21. The molecule has 0 amide bonds. The van der Waals surface area contributed by atoms with Gasteiger partial charge in [-0.15, -0.1) is 0 Å². The molecule has 4 nitrogen and oxygen atoms in total. The first-order valence-corrected chi connectivity index (χ1v) is 6.54. The lowest BCUT2D eigenvalue weighted by Gasteiger charge is -2.11. The minimum absolute atomic E-state index is 0.615. The number of halogens is 2. The predicted octanol–water partition coefficient (Wildman–Crippen LogP) is 2.49. The van der Waals surface area contributed by atoms with Gasteiger partial charge in [0.2, 0.25) is 0 Å². The zero-order chi connectivity index (χ0) is 12.7. The monoisotopic (exact) mass is 321 g/mol. The molecule has 96 valence electrons. The summed E-state index contributed by atoms with van der Waals surface area (Å²) >= 11 is 9.19. The van der Waals surface area contributed by atoms with Crippen molar-refractivity contribution in [1.29, 1.82) is 0 Å². The van der Waals surface area contributed by atoms with Gasteiger partial charge < -0.3 is 15.0 Å². The summed E-state index contributed by atoms with van der Waals surface area (Å²) in [6.07, 6.45) is 1.61. The van der Waals surface area contributed by atoms with Crippen LogP contribution in [0.5, 0.6) is 0 Å².